The Morgan fingerprint density at radius 3 is 2.27 bits per heavy atom. The number of aromatic nitrogens is 2. The van der Waals surface area contributed by atoms with E-state index in [1.165, 1.54) is 16.8 Å². The second kappa shape index (κ2) is 6.88. The molecule has 0 unspecified atom stereocenters. The zero-order chi connectivity index (χ0) is 19.1. The van der Waals surface area contributed by atoms with Crippen LogP contribution < -0.4 is 0 Å². The van der Waals surface area contributed by atoms with E-state index >= 15 is 0 Å². The monoisotopic (exact) mass is 444 g/mol. The van der Waals surface area contributed by atoms with Gasteiger partial charge >= 0.3 is 0 Å². The third kappa shape index (κ3) is 3.68. The number of halogens is 4. The van der Waals surface area contributed by atoms with Crippen LogP contribution in [0.25, 0.3) is 16.9 Å². The lowest BCUT2D eigenvalue weighted by Crippen LogP contribution is -2.05. The SMILES string of the molecule is CS(=O)(=O)c1ccc(-n2nc(C(F)F)cc2-c2ccc(Br)cc2)cc1F. The van der Waals surface area contributed by atoms with Crippen LogP contribution in [0.3, 0.4) is 0 Å². The van der Waals surface area contributed by atoms with Crippen LogP contribution in [0.5, 0.6) is 0 Å². The fraction of sp³-hybridized carbons (Fsp3) is 0.118. The van der Waals surface area contributed by atoms with Gasteiger partial charge in [-0.15, -0.1) is 0 Å². The molecular weight excluding hydrogens is 433 g/mol. The summed E-state index contributed by atoms with van der Waals surface area (Å²) in [7, 11) is -3.74. The van der Waals surface area contributed by atoms with Crippen LogP contribution in [0.15, 0.2) is 57.9 Å². The van der Waals surface area contributed by atoms with Crippen LogP contribution >= 0.6 is 15.9 Å². The molecule has 2 aromatic carbocycles. The molecule has 0 aliphatic rings. The summed E-state index contributed by atoms with van der Waals surface area (Å²) in [5, 5.41) is 3.85. The van der Waals surface area contributed by atoms with Crippen molar-refractivity contribution in [2.45, 2.75) is 11.3 Å². The standard InChI is InChI=1S/C17H12BrF3N2O2S/c1-26(24,25)16-7-6-12(8-13(16)19)23-15(9-14(22-23)17(20)21)10-2-4-11(18)5-3-10/h2-9,17H,1H3. The van der Waals surface area contributed by atoms with Crippen molar-refractivity contribution in [2.75, 3.05) is 6.26 Å². The Labute approximate surface area is 156 Å². The molecule has 0 saturated carbocycles. The molecule has 1 aromatic heterocycles. The summed E-state index contributed by atoms with van der Waals surface area (Å²) in [6.07, 6.45) is -1.91. The number of sulfone groups is 1. The van der Waals surface area contributed by atoms with E-state index in [-0.39, 0.29) is 5.69 Å². The average molecular weight is 445 g/mol. The van der Waals surface area contributed by atoms with Crippen LogP contribution in [0, 0.1) is 5.82 Å². The van der Waals surface area contributed by atoms with Gasteiger partial charge in [-0.3, -0.25) is 0 Å². The van der Waals surface area contributed by atoms with Crippen LogP contribution in [0.4, 0.5) is 13.2 Å². The average Bonchev–Trinajstić information content (AvgIpc) is 3.00. The molecule has 0 N–H and O–H groups in total. The van der Waals surface area contributed by atoms with Gasteiger partial charge in [0.15, 0.2) is 9.84 Å². The molecule has 0 saturated heterocycles. The normalized spacial score (nSPS) is 11.9. The minimum Gasteiger partial charge on any atom is -0.233 e. The van der Waals surface area contributed by atoms with Crippen molar-refractivity contribution >= 4 is 25.8 Å². The van der Waals surface area contributed by atoms with Crippen molar-refractivity contribution in [2.24, 2.45) is 0 Å². The Morgan fingerprint density at radius 1 is 1.08 bits per heavy atom. The molecule has 0 bridgehead atoms. The van der Waals surface area contributed by atoms with Crippen molar-refractivity contribution in [1.82, 2.24) is 9.78 Å². The fourth-order valence-corrected chi connectivity index (χ4v) is 3.44. The van der Waals surface area contributed by atoms with Crippen molar-refractivity contribution in [3.8, 4) is 16.9 Å². The zero-order valence-corrected chi connectivity index (χ0v) is 15.7. The molecule has 0 aliphatic heterocycles. The van der Waals surface area contributed by atoms with Gasteiger partial charge < -0.3 is 0 Å². The van der Waals surface area contributed by atoms with Gasteiger partial charge in [-0.1, -0.05) is 28.1 Å². The van der Waals surface area contributed by atoms with E-state index in [0.717, 1.165) is 22.9 Å². The molecule has 0 fully saturated rings. The van der Waals surface area contributed by atoms with Gasteiger partial charge in [-0.25, -0.2) is 26.3 Å². The summed E-state index contributed by atoms with van der Waals surface area (Å²) in [6, 6.07) is 11.5. The van der Waals surface area contributed by atoms with Gasteiger partial charge in [0.25, 0.3) is 6.43 Å². The molecular formula is C17H12BrF3N2O2S. The molecule has 0 radical (unpaired) electrons. The summed E-state index contributed by atoms with van der Waals surface area (Å²) >= 11 is 3.30. The zero-order valence-electron chi connectivity index (χ0n) is 13.3. The molecule has 0 amide bonds. The summed E-state index contributed by atoms with van der Waals surface area (Å²) < 4.78 is 65.5. The first-order chi connectivity index (χ1) is 12.2. The smallest absolute Gasteiger partial charge is 0.233 e. The first kappa shape index (κ1) is 18.7. The quantitative estimate of drug-likeness (QED) is 0.581. The van der Waals surface area contributed by atoms with Crippen LogP contribution in [0.1, 0.15) is 12.1 Å². The maximum atomic E-state index is 14.2. The highest BCUT2D eigenvalue weighted by Crippen LogP contribution is 2.30. The van der Waals surface area contributed by atoms with Gasteiger partial charge in [-0.05, 0) is 30.3 Å². The molecule has 0 atom stereocenters. The first-order valence-electron chi connectivity index (χ1n) is 7.31. The lowest BCUT2D eigenvalue weighted by Gasteiger charge is -2.09. The second-order valence-electron chi connectivity index (χ2n) is 5.56. The van der Waals surface area contributed by atoms with E-state index in [9.17, 15) is 21.6 Å². The number of hydrogen-bond acceptors (Lipinski definition) is 3. The van der Waals surface area contributed by atoms with Gasteiger partial charge in [0.2, 0.25) is 0 Å². The maximum absolute atomic E-state index is 14.2. The number of alkyl halides is 2. The van der Waals surface area contributed by atoms with E-state index < -0.39 is 32.7 Å². The van der Waals surface area contributed by atoms with Gasteiger partial charge in [-0.2, -0.15) is 5.10 Å². The van der Waals surface area contributed by atoms with Crippen molar-refractivity contribution in [3.63, 3.8) is 0 Å². The van der Waals surface area contributed by atoms with Gasteiger partial charge in [0.05, 0.1) is 11.4 Å². The highest BCUT2D eigenvalue weighted by atomic mass is 79.9. The van der Waals surface area contributed by atoms with Crippen LogP contribution in [-0.2, 0) is 9.84 Å². The lowest BCUT2D eigenvalue weighted by atomic mass is 10.1. The van der Waals surface area contributed by atoms with Crippen molar-refractivity contribution < 1.29 is 21.6 Å². The molecule has 0 spiro atoms. The second-order valence-corrected chi connectivity index (χ2v) is 8.46. The van der Waals surface area contributed by atoms with E-state index in [0.29, 0.717) is 11.3 Å². The Kier molecular flexibility index (Phi) is 4.94. The van der Waals surface area contributed by atoms with Gasteiger partial charge in [0.1, 0.15) is 16.4 Å². The van der Waals surface area contributed by atoms with E-state index in [4.69, 9.17) is 0 Å². The van der Waals surface area contributed by atoms with Crippen molar-refractivity contribution in [3.05, 3.63) is 64.5 Å². The van der Waals surface area contributed by atoms with E-state index in [2.05, 4.69) is 21.0 Å². The highest BCUT2D eigenvalue weighted by Gasteiger charge is 2.20. The Balaban J connectivity index is 2.18. The van der Waals surface area contributed by atoms with Crippen LogP contribution in [-0.4, -0.2) is 24.5 Å². The maximum Gasteiger partial charge on any atom is 0.282 e. The molecule has 3 aromatic rings. The predicted molar refractivity (Wildman–Crippen MR) is 94.7 cm³/mol. The topological polar surface area (TPSA) is 52.0 Å². The number of rotatable bonds is 4. The Hall–Kier alpha value is -2.13. The summed E-state index contributed by atoms with van der Waals surface area (Å²) in [4.78, 5) is -0.465. The molecule has 26 heavy (non-hydrogen) atoms. The third-order valence-corrected chi connectivity index (χ3v) is 5.31. The largest absolute Gasteiger partial charge is 0.282 e. The summed E-state index contributed by atoms with van der Waals surface area (Å²) in [5.41, 5.74) is 0.606. The van der Waals surface area contributed by atoms with E-state index in [1.54, 1.807) is 24.3 Å². The number of benzene rings is 2. The summed E-state index contributed by atoms with van der Waals surface area (Å²) in [6.45, 7) is 0. The van der Waals surface area contributed by atoms with E-state index in [1.807, 2.05) is 0 Å². The highest BCUT2D eigenvalue weighted by molar-refractivity contribution is 9.10. The molecule has 4 nitrogen and oxygen atoms in total. The predicted octanol–water partition coefficient (Wildman–Crippen LogP) is 4.78. The fourth-order valence-electron chi connectivity index (χ4n) is 2.45. The molecule has 9 heteroatoms. The molecule has 1 heterocycles. The number of hydrogen-bond donors (Lipinski definition) is 0. The minimum atomic E-state index is -3.74. The lowest BCUT2D eigenvalue weighted by molar-refractivity contribution is 0.145. The minimum absolute atomic E-state index is 0.139. The third-order valence-electron chi connectivity index (χ3n) is 3.65. The molecule has 136 valence electrons. The molecule has 0 aliphatic carbocycles. The number of nitrogens with zero attached hydrogens (tertiary/aromatic N) is 2. The van der Waals surface area contributed by atoms with Crippen molar-refractivity contribution in [1.29, 1.82) is 0 Å². The Morgan fingerprint density at radius 2 is 1.73 bits per heavy atom. The summed E-state index contributed by atoms with van der Waals surface area (Å²) in [5.74, 6) is -0.971. The molecule has 3 rings (SSSR count). The van der Waals surface area contributed by atoms with Crippen LogP contribution in [0.2, 0.25) is 0 Å². The Bertz CT molecular complexity index is 1060. The van der Waals surface area contributed by atoms with Gasteiger partial charge in [0, 0.05) is 22.4 Å². The first-order valence-corrected chi connectivity index (χ1v) is 9.99.